The minimum atomic E-state index is -4.38. The number of fused-ring (bicyclic) bond motifs is 1. The number of hydrogen-bond acceptors (Lipinski definition) is 6. The summed E-state index contributed by atoms with van der Waals surface area (Å²) in [6.07, 6.45) is -3.19. The molecule has 3 atom stereocenters. The molecule has 0 fully saturated rings. The average molecular weight is 494 g/mol. The van der Waals surface area contributed by atoms with E-state index in [0.717, 1.165) is 22.2 Å². The van der Waals surface area contributed by atoms with Gasteiger partial charge in [-0.2, -0.15) is 18.3 Å². The van der Waals surface area contributed by atoms with Gasteiger partial charge in [0.1, 0.15) is 5.92 Å². The van der Waals surface area contributed by atoms with E-state index in [-0.39, 0.29) is 30.9 Å². The predicted octanol–water partition coefficient (Wildman–Crippen LogP) is 3.25. The fraction of sp³-hybridized carbons (Fsp3) is 0.417. The average Bonchev–Trinajstić information content (AvgIpc) is 3.36. The molecule has 2 aliphatic heterocycles. The maximum absolute atomic E-state index is 13.1. The van der Waals surface area contributed by atoms with Gasteiger partial charge in [-0.25, -0.2) is 0 Å². The monoisotopic (exact) mass is 493 g/mol. The van der Waals surface area contributed by atoms with Crippen LogP contribution in [0.15, 0.2) is 52.5 Å². The number of carbonyl (C=O) groups excluding carboxylic acids is 1. The Kier molecular flexibility index (Phi) is 7.20. The Morgan fingerprint density at radius 3 is 2.71 bits per heavy atom. The molecule has 182 valence electrons. The number of hydrazone groups is 1. The largest absolute Gasteiger partial charge is 0.416 e. The van der Waals surface area contributed by atoms with E-state index in [9.17, 15) is 23.1 Å². The van der Waals surface area contributed by atoms with Crippen molar-refractivity contribution in [2.24, 2.45) is 11.0 Å². The Morgan fingerprint density at radius 2 is 2.00 bits per heavy atom. The summed E-state index contributed by atoms with van der Waals surface area (Å²) in [6.45, 7) is 1.38. The molecule has 0 spiro atoms. The Morgan fingerprint density at radius 1 is 1.24 bits per heavy atom. The number of rotatable bonds is 7. The fourth-order valence-corrected chi connectivity index (χ4v) is 6.01. The number of anilines is 1. The van der Waals surface area contributed by atoms with E-state index in [1.54, 1.807) is 29.8 Å². The molecular weight excluding hydrogens is 467 g/mol. The second-order valence-electron chi connectivity index (χ2n) is 8.44. The molecule has 2 aliphatic rings. The molecule has 3 N–H and O–H groups in total. The molecule has 0 bridgehead atoms. The van der Waals surface area contributed by atoms with Gasteiger partial charge in [-0.3, -0.25) is 9.80 Å². The van der Waals surface area contributed by atoms with Crippen LogP contribution in [-0.4, -0.2) is 52.9 Å². The predicted molar refractivity (Wildman–Crippen MR) is 125 cm³/mol. The quantitative estimate of drug-likeness (QED) is 0.552. The van der Waals surface area contributed by atoms with Crippen LogP contribution in [0, 0.1) is 5.92 Å². The van der Waals surface area contributed by atoms with E-state index in [1.165, 1.54) is 12.1 Å². The maximum atomic E-state index is 13.1. The van der Waals surface area contributed by atoms with Gasteiger partial charge in [0.25, 0.3) is 0 Å². The first kappa shape index (κ1) is 24.6. The minimum absolute atomic E-state index is 0.0588. The van der Waals surface area contributed by atoms with Crippen molar-refractivity contribution in [1.82, 2.24) is 5.32 Å². The van der Waals surface area contributed by atoms with Crippen LogP contribution in [0.4, 0.5) is 18.9 Å². The van der Waals surface area contributed by atoms with Crippen molar-refractivity contribution in [3.05, 3.63) is 59.2 Å². The van der Waals surface area contributed by atoms with Gasteiger partial charge >= 0.3 is 6.18 Å². The topological polar surface area (TPSA) is 85.2 Å². The number of nitrogens with zero attached hydrogens (tertiary/aromatic N) is 2. The Balaban J connectivity index is 1.54. The molecule has 0 aliphatic carbocycles. The first-order valence-electron chi connectivity index (χ1n) is 11.0. The lowest BCUT2D eigenvalue weighted by Crippen LogP contribution is -2.45. The van der Waals surface area contributed by atoms with Gasteiger partial charge in [0.15, 0.2) is 0 Å². The van der Waals surface area contributed by atoms with Crippen molar-refractivity contribution in [2.45, 2.75) is 42.1 Å². The number of benzene rings is 2. The van der Waals surface area contributed by atoms with Crippen LogP contribution in [0.25, 0.3) is 0 Å². The highest BCUT2D eigenvalue weighted by Crippen LogP contribution is 2.46. The zero-order valence-corrected chi connectivity index (χ0v) is 19.4. The standard InChI is InChI=1S/C24H26F3N3O3S/c1-14-21(23(33)28-8-9-31)20(13-32)30(29-14)19-7-3-5-16-12-18(34-22(16)19)11-15-4-2-6-17(10-15)24(25,26)27/h2-7,10,18,20-21,31-32H,8-9,11-13H2,1H3,(H,28,33). The number of amides is 1. The summed E-state index contributed by atoms with van der Waals surface area (Å²) in [5.41, 5.74) is 2.38. The zero-order valence-electron chi connectivity index (χ0n) is 18.5. The Labute approximate surface area is 199 Å². The van der Waals surface area contributed by atoms with Gasteiger partial charge in [-0.1, -0.05) is 30.3 Å². The molecule has 0 saturated carbocycles. The highest BCUT2D eigenvalue weighted by molar-refractivity contribution is 8.00. The first-order chi connectivity index (χ1) is 16.2. The summed E-state index contributed by atoms with van der Waals surface area (Å²) < 4.78 is 39.3. The van der Waals surface area contributed by atoms with Crippen LogP contribution < -0.4 is 10.3 Å². The minimum Gasteiger partial charge on any atom is -0.395 e. The van der Waals surface area contributed by atoms with E-state index >= 15 is 0 Å². The van der Waals surface area contributed by atoms with E-state index in [4.69, 9.17) is 5.11 Å². The van der Waals surface area contributed by atoms with Crippen molar-refractivity contribution in [3.8, 4) is 0 Å². The molecule has 6 nitrogen and oxygen atoms in total. The molecule has 2 aromatic rings. The molecule has 2 aromatic carbocycles. The lowest BCUT2D eigenvalue weighted by atomic mass is 9.95. The lowest BCUT2D eigenvalue weighted by molar-refractivity contribution is -0.137. The second kappa shape index (κ2) is 9.97. The van der Waals surface area contributed by atoms with Crippen molar-refractivity contribution in [1.29, 1.82) is 0 Å². The highest BCUT2D eigenvalue weighted by Gasteiger charge is 2.42. The maximum Gasteiger partial charge on any atom is 0.416 e. The van der Waals surface area contributed by atoms with Crippen LogP contribution in [0.3, 0.4) is 0 Å². The Bertz CT molecular complexity index is 1090. The summed E-state index contributed by atoms with van der Waals surface area (Å²) >= 11 is 1.59. The van der Waals surface area contributed by atoms with Crippen molar-refractivity contribution in [2.75, 3.05) is 24.8 Å². The number of aliphatic hydroxyl groups excluding tert-OH is 2. The summed E-state index contributed by atoms with van der Waals surface area (Å²) in [5.74, 6) is -0.959. The number of carbonyl (C=O) groups is 1. The molecule has 3 unspecified atom stereocenters. The molecular formula is C24H26F3N3O3S. The number of aliphatic hydroxyl groups is 2. The van der Waals surface area contributed by atoms with Gasteiger partial charge in [0.05, 0.1) is 36.2 Å². The molecule has 1 amide bonds. The number of hydrogen-bond donors (Lipinski definition) is 3. The first-order valence-corrected chi connectivity index (χ1v) is 11.9. The summed E-state index contributed by atoms with van der Waals surface area (Å²) in [7, 11) is 0. The van der Waals surface area contributed by atoms with Crippen LogP contribution >= 0.6 is 11.8 Å². The molecule has 34 heavy (non-hydrogen) atoms. The molecule has 0 radical (unpaired) electrons. The third-order valence-corrected chi connectivity index (χ3v) is 7.44. The molecule has 10 heteroatoms. The van der Waals surface area contributed by atoms with Crippen molar-refractivity contribution in [3.63, 3.8) is 0 Å². The third kappa shape index (κ3) is 4.94. The smallest absolute Gasteiger partial charge is 0.395 e. The molecule has 2 heterocycles. The van der Waals surface area contributed by atoms with Crippen molar-refractivity contribution < 1.29 is 28.2 Å². The SMILES string of the molecule is CC1=NN(c2cccc3c2SC(Cc2cccc(C(F)(F)F)c2)C3)C(CO)C1C(=O)NCCO. The van der Waals surface area contributed by atoms with E-state index in [0.29, 0.717) is 24.1 Å². The summed E-state index contributed by atoms with van der Waals surface area (Å²) in [5, 5.41) is 28.1. The number of alkyl halides is 3. The second-order valence-corrected chi connectivity index (χ2v) is 9.75. The molecule has 0 aromatic heterocycles. The summed E-state index contributed by atoms with van der Waals surface area (Å²) in [4.78, 5) is 13.6. The Hall–Kier alpha value is -2.56. The number of thioether (sulfide) groups is 1. The van der Waals surface area contributed by atoms with Gasteiger partial charge in [0.2, 0.25) is 5.91 Å². The molecule has 4 rings (SSSR count). The van der Waals surface area contributed by atoms with Crippen LogP contribution in [0.5, 0.6) is 0 Å². The van der Waals surface area contributed by atoms with Gasteiger partial charge < -0.3 is 15.5 Å². The normalized spacial score (nSPS) is 22.0. The summed E-state index contributed by atoms with van der Waals surface area (Å²) in [6, 6.07) is 10.6. The zero-order chi connectivity index (χ0) is 24.5. The third-order valence-electron chi connectivity index (χ3n) is 6.07. The van der Waals surface area contributed by atoms with E-state index < -0.39 is 23.7 Å². The van der Waals surface area contributed by atoms with Crippen LogP contribution in [0.1, 0.15) is 23.6 Å². The van der Waals surface area contributed by atoms with E-state index in [2.05, 4.69) is 10.4 Å². The van der Waals surface area contributed by atoms with Crippen LogP contribution in [0.2, 0.25) is 0 Å². The van der Waals surface area contributed by atoms with Gasteiger partial charge in [-0.05, 0) is 43.0 Å². The van der Waals surface area contributed by atoms with Crippen LogP contribution in [-0.2, 0) is 23.8 Å². The lowest BCUT2D eigenvalue weighted by Gasteiger charge is -2.27. The molecule has 0 saturated heterocycles. The number of halogens is 3. The van der Waals surface area contributed by atoms with Gasteiger partial charge in [-0.15, -0.1) is 11.8 Å². The van der Waals surface area contributed by atoms with Crippen molar-refractivity contribution >= 4 is 29.1 Å². The number of nitrogens with one attached hydrogen (secondary N) is 1. The van der Waals surface area contributed by atoms with Gasteiger partial charge in [0, 0.05) is 16.7 Å². The highest BCUT2D eigenvalue weighted by atomic mass is 32.2. The van der Waals surface area contributed by atoms with E-state index in [1.807, 2.05) is 18.2 Å². The fourth-order valence-electron chi connectivity index (χ4n) is 4.55.